The first-order valence-electron chi connectivity index (χ1n) is 9.46. The third-order valence-electron chi connectivity index (χ3n) is 4.47. The van der Waals surface area contributed by atoms with Gasteiger partial charge in [-0.05, 0) is 36.6 Å². The largest absolute Gasteiger partial charge is 1.00 e. The van der Waals surface area contributed by atoms with Crippen molar-refractivity contribution in [3.05, 3.63) is 48.0 Å². The molecular formula is C21H27NaO5S. The van der Waals surface area contributed by atoms with Crippen LogP contribution in [0.25, 0.3) is 0 Å². The fourth-order valence-electron chi connectivity index (χ4n) is 3.01. The molecule has 1 N–H and O–H groups in total. The van der Waals surface area contributed by atoms with Gasteiger partial charge in [0, 0.05) is 0 Å². The first-order valence-corrected chi connectivity index (χ1v) is 10.9. The molecular weight excluding hydrogens is 387 g/mol. The van der Waals surface area contributed by atoms with Gasteiger partial charge in [0.25, 0.3) is 10.1 Å². The quantitative estimate of drug-likeness (QED) is 0.346. The average Bonchev–Trinajstić information content (AvgIpc) is 2.62. The minimum absolute atomic E-state index is 0. The van der Waals surface area contributed by atoms with E-state index in [0.717, 1.165) is 19.3 Å². The Kier molecular flexibility index (Phi) is 11.2. The molecule has 7 heteroatoms. The molecule has 0 radical (unpaired) electrons. The van der Waals surface area contributed by atoms with E-state index >= 15 is 0 Å². The second-order valence-corrected chi connectivity index (χ2v) is 8.02. The van der Waals surface area contributed by atoms with E-state index in [1.54, 1.807) is 18.2 Å². The molecule has 0 atom stereocenters. The summed E-state index contributed by atoms with van der Waals surface area (Å²) >= 11 is 0. The number of para-hydroxylation sites is 1. The van der Waals surface area contributed by atoms with Crippen molar-refractivity contribution in [1.82, 2.24) is 0 Å². The van der Waals surface area contributed by atoms with Gasteiger partial charge in [-0.3, -0.25) is 4.55 Å². The van der Waals surface area contributed by atoms with Crippen molar-refractivity contribution < 1.29 is 52.4 Å². The summed E-state index contributed by atoms with van der Waals surface area (Å²) in [6, 6.07) is 10.6. The Morgan fingerprint density at radius 3 is 2.18 bits per heavy atom. The van der Waals surface area contributed by atoms with Crippen LogP contribution in [0.15, 0.2) is 47.4 Å². The van der Waals surface area contributed by atoms with Crippen LogP contribution in [-0.4, -0.2) is 13.0 Å². The van der Waals surface area contributed by atoms with Crippen LogP contribution in [0, 0.1) is 0 Å². The Hall–Kier alpha value is -1.05. The average molecular weight is 414 g/mol. The molecule has 28 heavy (non-hydrogen) atoms. The van der Waals surface area contributed by atoms with Gasteiger partial charge in [0.05, 0.1) is 0 Å². The summed E-state index contributed by atoms with van der Waals surface area (Å²) in [6.07, 6.45) is 8.57. The zero-order chi connectivity index (χ0) is 19.7. The Morgan fingerprint density at radius 1 is 0.893 bits per heavy atom. The van der Waals surface area contributed by atoms with Crippen LogP contribution in [-0.2, 0) is 16.5 Å². The predicted octanol–water partition coefficient (Wildman–Crippen LogP) is 2.10. The third-order valence-corrected chi connectivity index (χ3v) is 5.36. The number of unbranched alkanes of at least 4 members (excludes halogenated alkanes) is 6. The van der Waals surface area contributed by atoms with Gasteiger partial charge in [-0.1, -0.05) is 69.7 Å². The number of hydrogen-bond acceptors (Lipinski definition) is 4. The first-order chi connectivity index (χ1) is 12.9. The topological polar surface area (TPSA) is 86.7 Å². The number of benzene rings is 2. The second-order valence-electron chi connectivity index (χ2n) is 6.63. The fraction of sp³-hybridized carbons (Fsp3) is 0.429. The van der Waals surface area contributed by atoms with Crippen molar-refractivity contribution in [2.75, 3.05) is 0 Å². The van der Waals surface area contributed by atoms with E-state index in [2.05, 4.69) is 6.92 Å². The summed E-state index contributed by atoms with van der Waals surface area (Å²) < 4.78 is 38.1. The van der Waals surface area contributed by atoms with Crippen LogP contribution in [0.2, 0.25) is 0 Å². The van der Waals surface area contributed by atoms with Crippen molar-refractivity contribution in [2.24, 2.45) is 0 Å². The van der Waals surface area contributed by atoms with Crippen molar-refractivity contribution >= 4 is 10.1 Å². The molecule has 0 amide bonds. The summed E-state index contributed by atoms with van der Waals surface area (Å²) in [7, 11) is -4.41. The molecule has 148 valence electrons. The number of rotatable bonds is 11. The van der Waals surface area contributed by atoms with Gasteiger partial charge in [-0.25, -0.2) is 0 Å². The van der Waals surface area contributed by atoms with Crippen LogP contribution in [0.5, 0.6) is 17.2 Å². The maximum atomic E-state index is 12.3. The van der Waals surface area contributed by atoms with Gasteiger partial charge in [0.1, 0.15) is 16.4 Å². The molecule has 0 saturated carbocycles. The van der Waals surface area contributed by atoms with E-state index in [4.69, 9.17) is 4.74 Å². The molecule has 0 aliphatic heterocycles. The summed E-state index contributed by atoms with van der Waals surface area (Å²) in [5, 5.41) is 12.3. The first kappa shape index (κ1) is 25.0. The minimum Gasteiger partial charge on any atom is -0.872 e. The van der Waals surface area contributed by atoms with Crippen LogP contribution < -0.4 is 39.4 Å². The fourth-order valence-corrected chi connectivity index (χ4v) is 3.63. The Balaban J connectivity index is 0.00000392. The van der Waals surface area contributed by atoms with E-state index in [-0.39, 0.29) is 46.0 Å². The predicted molar refractivity (Wildman–Crippen MR) is 104 cm³/mol. The molecule has 0 fully saturated rings. The normalized spacial score (nSPS) is 11.1. The summed E-state index contributed by atoms with van der Waals surface area (Å²) in [4.78, 5) is -0.317. The Bertz CT molecular complexity index is 836. The summed E-state index contributed by atoms with van der Waals surface area (Å²) in [5.41, 5.74) is 0.538. The van der Waals surface area contributed by atoms with E-state index in [1.807, 2.05) is 0 Å². The SMILES string of the molecule is CCCCCCCCCc1c([O-])cccc1Oc1ccccc1S(=O)(=O)O.[Na+]. The van der Waals surface area contributed by atoms with Gasteiger partial charge in [0.15, 0.2) is 0 Å². The molecule has 0 heterocycles. The van der Waals surface area contributed by atoms with Gasteiger partial charge in [0.2, 0.25) is 0 Å². The molecule has 0 spiro atoms. The number of hydrogen-bond donors (Lipinski definition) is 1. The standard InChI is InChI=1S/C21H28O5S.Na/c1-2-3-4-5-6-7-8-12-17-18(22)13-11-15-19(17)26-20-14-9-10-16-21(20)27(23,24)25;/h9-11,13-16,22H,2-8,12H2,1H3,(H,23,24,25);/q;+1/p-1. The van der Waals surface area contributed by atoms with E-state index in [0.29, 0.717) is 17.7 Å². The molecule has 0 unspecified atom stereocenters. The van der Waals surface area contributed by atoms with E-state index < -0.39 is 10.1 Å². The number of ether oxygens (including phenoxy) is 1. The van der Waals surface area contributed by atoms with Crippen molar-refractivity contribution in [3.8, 4) is 17.2 Å². The Labute approximate surface area is 190 Å². The molecule has 2 aromatic carbocycles. The molecule has 0 bridgehead atoms. The second kappa shape index (κ2) is 12.5. The summed E-state index contributed by atoms with van der Waals surface area (Å²) in [5.74, 6) is 0.221. The maximum Gasteiger partial charge on any atom is 1.00 e. The van der Waals surface area contributed by atoms with Crippen LogP contribution in [0.1, 0.15) is 57.4 Å². The van der Waals surface area contributed by atoms with Crippen LogP contribution >= 0.6 is 0 Å². The molecule has 0 aliphatic carbocycles. The molecule has 0 saturated heterocycles. The van der Waals surface area contributed by atoms with E-state index in [9.17, 15) is 18.1 Å². The van der Waals surface area contributed by atoms with Crippen molar-refractivity contribution in [1.29, 1.82) is 0 Å². The zero-order valence-corrected chi connectivity index (χ0v) is 19.5. The van der Waals surface area contributed by atoms with Gasteiger partial charge >= 0.3 is 29.6 Å². The smallest absolute Gasteiger partial charge is 0.872 e. The zero-order valence-electron chi connectivity index (χ0n) is 16.7. The summed E-state index contributed by atoms with van der Waals surface area (Å²) in [6.45, 7) is 2.19. The molecule has 0 aromatic heterocycles. The molecule has 2 rings (SSSR count). The molecule has 2 aromatic rings. The van der Waals surface area contributed by atoms with Gasteiger partial charge < -0.3 is 9.84 Å². The monoisotopic (exact) mass is 414 g/mol. The Morgan fingerprint density at radius 2 is 1.50 bits per heavy atom. The van der Waals surface area contributed by atoms with Crippen LogP contribution in [0.4, 0.5) is 0 Å². The van der Waals surface area contributed by atoms with Gasteiger partial charge in [-0.15, -0.1) is 5.75 Å². The van der Waals surface area contributed by atoms with Crippen molar-refractivity contribution in [2.45, 2.75) is 63.2 Å². The van der Waals surface area contributed by atoms with Crippen LogP contribution in [0.3, 0.4) is 0 Å². The van der Waals surface area contributed by atoms with Crippen molar-refractivity contribution in [3.63, 3.8) is 0 Å². The molecule has 0 aliphatic rings. The molecule has 5 nitrogen and oxygen atoms in total. The van der Waals surface area contributed by atoms with Gasteiger partial charge in [-0.2, -0.15) is 8.42 Å². The third kappa shape index (κ3) is 7.76. The minimum atomic E-state index is -4.41. The van der Waals surface area contributed by atoms with E-state index in [1.165, 1.54) is 49.9 Å². The maximum absolute atomic E-state index is 12.3.